The molecule has 4 heterocycles. The number of aromatic amines is 1. The highest BCUT2D eigenvalue weighted by Crippen LogP contribution is 2.37. The maximum atomic E-state index is 15.8. The van der Waals surface area contributed by atoms with Gasteiger partial charge in [-0.15, -0.1) is 0 Å². The van der Waals surface area contributed by atoms with Gasteiger partial charge in [0.25, 0.3) is 5.91 Å². The van der Waals surface area contributed by atoms with E-state index in [-0.39, 0.29) is 29.4 Å². The molecule has 43 heavy (non-hydrogen) atoms. The van der Waals surface area contributed by atoms with Crippen LogP contribution in [0.5, 0.6) is 0 Å². The summed E-state index contributed by atoms with van der Waals surface area (Å²) in [5.41, 5.74) is -2.33. The van der Waals surface area contributed by atoms with Gasteiger partial charge in [0.15, 0.2) is 0 Å². The van der Waals surface area contributed by atoms with Crippen LogP contribution in [0.1, 0.15) is 36.7 Å². The summed E-state index contributed by atoms with van der Waals surface area (Å²) in [5, 5.41) is 2.56. The van der Waals surface area contributed by atoms with Gasteiger partial charge in [-0.3, -0.25) is 14.5 Å². The average molecular weight is 604 g/mol. The van der Waals surface area contributed by atoms with Crippen molar-refractivity contribution in [2.24, 2.45) is 0 Å². The van der Waals surface area contributed by atoms with Gasteiger partial charge in [-0.25, -0.2) is 14.4 Å². The molecule has 0 bridgehead atoms. The van der Waals surface area contributed by atoms with Crippen LogP contribution in [0.2, 0.25) is 0 Å². The summed E-state index contributed by atoms with van der Waals surface area (Å²) >= 11 is 0. The Morgan fingerprint density at radius 2 is 1.74 bits per heavy atom. The van der Waals surface area contributed by atoms with Crippen LogP contribution in [0.4, 0.5) is 34.9 Å². The summed E-state index contributed by atoms with van der Waals surface area (Å²) < 4.78 is 62.4. The van der Waals surface area contributed by atoms with E-state index in [1.165, 1.54) is 24.5 Å². The number of anilines is 3. The number of morpholine rings is 1. The third-order valence-electron chi connectivity index (χ3n) is 8.08. The largest absolute Gasteiger partial charge is 0.417 e. The number of carbonyl (C=O) groups excluding carboxylic acids is 1. The number of carbonyl (C=O) groups is 1. The minimum absolute atomic E-state index is 0.0559. The summed E-state index contributed by atoms with van der Waals surface area (Å²) in [5.74, 6) is -1.25. The van der Waals surface area contributed by atoms with Gasteiger partial charge >= 0.3 is 6.18 Å². The van der Waals surface area contributed by atoms with Crippen molar-refractivity contribution in [2.75, 3.05) is 55.0 Å². The molecule has 2 fully saturated rings. The number of pyridine rings is 1. The molecule has 3 aromatic rings. The van der Waals surface area contributed by atoms with E-state index >= 15 is 4.39 Å². The number of H-pyrrole nitrogens is 1. The van der Waals surface area contributed by atoms with Gasteiger partial charge in [-0.1, -0.05) is 0 Å². The van der Waals surface area contributed by atoms with Crippen LogP contribution in [0, 0.1) is 5.82 Å². The van der Waals surface area contributed by atoms with Gasteiger partial charge in [0.2, 0.25) is 11.5 Å². The van der Waals surface area contributed by atoms with Crippen molar-refractivity contribution in [3.05, 3.63) is 64.1 Å². The number of amides is 1. The number of aromatic nitrogens is 3. The molecule has 2 N–H and O–H groups in total. The van der Waals surface area contributed by atoms with Crippen LogP contribution in [-0.2, 0) is 10.9 Å². The monoisotopic (exact) mass is 603 g/mol. The molecule has 0 spiro atoms. The Labute approximate surface area is 245 Å². The fourth-order valence-corrected chi connectivity index (χ4v) is 5.46. The first-order chi connectivity index (χ1) is 20.3. The molecule has 0 aliphatic carbocycles. The van der Waals surface area contributed by atoms with Crippen molar-refractivity contribution < 1.29 is 27.1 Å². The molecule has 0 radical (unpaired) electrons. The lowest BCUT2D eigenvalue weighted by Crippen LogP contribution is -2.55. The molecular formula is C29H33F4N7O3. The molecular weight excluding hydrogens is 570 g/mol. The number of alkyl halides is 3. The first-order valence-corrected chi connectivity index (χ1v) is 13.9. The van der Waals surface area contributed by atoms with Crippen molar-refractivity contribution in [3.63, 3.8) is 0 Å². The number of hydrogen-bond donors (Lipinski definition) is 2. The summed E-state index contributed by atoms with van der Waals surface area (Å²) in [6, 6.07) is 3.20. The second-order valence-electron chi connectivity index (χ2n) is 11.1. The Balaban J connectivity index is 1.55. The first-order valence-electron chi connectivity index (χ1n) is 13.9. The molecule has 1 amide bonds. The maximum absolute atomic E-state index is 15.8. The molecule has 2 aromatic heterocycles. The van der Waals surface area contributed by atoms with E-state index in [2.05, 4.69) is 25.2 Å². The topological polar surface area (TPSA) is 107 Å². The Morgan fingerprint density at radius 1 is 1.07 bits per heavy atom. The molecule has 1 aromatic carbocycles. The highest BCUT2D eigenvalue weighted by atomic mass is 19.4. The van der Waals surface area contributed by atoms with E-state index in [0.717, 1.165) is 6.20 Å². The van der Waals surface area contributed by atoms with Crippen molar-refractivity contribution in [3.8, 4) is 11.1 Å². The van der Waals surface area contributed by atoms with Crippen LogP contribution < -0.4 is 20.7 Å². The third kappa shape index (κ3) is 6.34. The number of halogens is 4. The summed E-state index contributed by atoms with van der Waals surface area (Å²) in [7, 11) is 1.98. The van der Waals surface area contributed by atoms with E-state index in [1.54, 1.807) is 0 Å². The molecule has 2 aliphatic rings. The smallest absolute Gasteiger partial charge is 0.377 e. The number of ether oxygens (including phenoxy) is 1. The van der Waals surface area contributed by atoms with Gasteiger partial charge in [0.05, 0.1) is 41.8 Å². The van der Waals surface area contributed by atoms with Crippen molar-refractivity contribution >= 4 is 23.2 Å². The molecule has 0 saturated carbocycles. The van der Waals surface area contributed by atoms with Crippen LogP contribution in [0.15, 0.2) is 41.6 Å². The molecule has 0 unspecified atom stereocenters. The van der Waals surface area contributed by atoms with Crippen molar-refractivity contribution in [1.82, 2.24) is 19.9 Å². The quantitative estimate of drug-likeness (QED) is 0.422. The molecule has 14 heteroatoms. The number of piperazine rings is 1. The lowest BCUT2D eigenvalue weighted by atomic mass is 10.0. The van der Waals surface area contributed by atoms with E-state index in [1.807, 2.05) is 37.6 Å². The second kappa shape index (κ2) is 11.9. The number of hydrogen-bond acceptors (Lipinski definition) is 8. The van der Waals surface area contributed by atoms with Gasteiger partial charge < -0.3 is 24.8 Å². The summed E-state index contributed by atoms with van der Waals surface area (Å²) in [4.78, 5) is 42.0. The molecule has 5 rings (SSSR count). The molecule has 10 nitrogen and oxygen atoms in total. The molecule has 230 valence electrons. The zero-order chi connectivity index (χ0) is 31.1. The normalized spacial score (nSPS) is 21.6. The molecule has 2 saturated heterocycles. The lowest BCUT2D eigenvalue weighted by molar-refractivity contribution is -0.138. The zero-order valence-electron chi connectivity index (χ0n) is 24.2. The van der Waals surface area contributed by atoms with Crippen molar-refractivity contribution in [2.45, 2.75) is 45.1 Å². The SMILES string of the molecule is C[C@@H]1COCCN1c1ncc(-c2cc(NC(=O)c3c[nH]c(=O)cc3C(F)(F)F)c(N3C[C@@H](C)N(C)[C@@H](C)C3)cc2F)cn1. The Bertz CT molecular complexity index is 1530. The standard InChI is InChI=1S/C29H33F4N7O3/c1-16-13-39(14-17(2)38(16)4)25-9-23(30)20(19-10-35-28(36-11-19)40-5-6-43-15-18(40)3)7-24(25)37-27(42)21-12-34-26(41)8-22(21)29(31,32)33/h7-12,16-18H,5-6,13-15H2,1-4H3,(H,34,41)(H,37,42)/t16-,17+,18-/m1/s1. The highest BCUT2D eigenvalue weighted by molar-refractivity contribution is 6.07. The Morgan fingerprint density at radius 3 is 2.37 bits per heavy atom. The first kappa shape index (κ1) is 30.4. The zero-order valence-corrected chi connectivity index (χ0v) is 24.2. The fraction of sp³-hybridized carbons (Fsp3) is 0.448. The highest BCUT2D eigenvalue weighted by Gasteiger charge is 2.36. The second-order valence-corrected chi connectivity index (χ2v) is 11.1. The number of benzene rings is 1. The maximum Gasteiger partial charge on any atom is 0.417 e. The molecule has 3 atom stereocenters. The Kier molecular flexibility index (Phi) is 8.43. The predicted molar refractivity (Wildman–Crippen MR) is 154 cm³/mol. The third-order valence-corrected chi connectivity index (χ3v) is 8.08. The molecule has 2 aliphatic heterocycles. The summed E-state index contributed by atoms with van der Waals surface area (Å²) in [6.07, 6.45) is -1.28. The lowest BCUT2D eigenvalue weighted by Gasteiger charge is -2.44. The number of likely N-dealkylation sites (N-methyl/N-ethyl adjacent to an activating group) is 1. The summed E-state index contributed by atoms with van der Waals surface area (Å²) in [6.45, 7) is 8.64. The average Bonchev–Trinajstić information content (AvgIpc) is 2.96. The predicted octanol–water partition coefficient (Wildman–Crippen LogP) is 4.00. The number of nitrogens with one attached hydrogen (secondary N) is 2. The van der Waals surface area contributed by atoms with E-state index < -0.39 is 34.6 Å². The van der Waals surface area contributed by atoms with Gasteiger partial charge in [-0.2, -0.15) is 13.2 Å². The van der Waals surface area contributed by atoms with Gasteiger partial charge in [-0.05, 0) is 40.0 Å². The van der Waals surface area contributed by atoms with Gasteiger partial charge in [0, 0.05) is 67.5 Å². The number of rotatable bonds is 5. The van der Waals surface area contributed by atoms with Crippen LogP contribution in [0.3, 0.4) is 0 Å². The number of nitrogens with zero attached hydrogens (tertiary/aromatic N) is 5. The fourth-order valence-electron chi connectivity index (χ4n) is 5.46. The van der Waals surface area contributed by atoms with Gasteiger partial charge in [0.1, 0.15) is 5.82 Å². The van der Waals surface area contributed by atoms with E-state index in [9.17, 15) is 22.8 Å². The van der Waals surface area contributed by atoms with Crippen LogP contribution in [0.25, 0.3) is 11.1 Å². The minimum Gasteiger partial charge on any atom is -0.377 e. The van der Waals surface area contributed by atoms with E-state index in [0.29, 0.717) is 56.1 Å². The van der Waals surface area contributed by atoms with Crippen LogP contribution >= 0.6 is 0 Å². The Hall–Kier alpha value is -4.04. The van der Waals surface area contributed by atoms with E-state index in [4.69, 9.17) is 4.74 Å². The minimum atomic E-state index is -4.95. The van der Waals surface area contributed by atoms with Crippen molar-refractivity contribution in [1.29, 1.82) is 0 Å². The van der Waals surface area contributed by atoms with Crippen LogP contribution in [-0.4, -0.2) is 83.8 Å².